The molecule has 0 saturated heterocycles. The van der Waals surface area contributed by atoms with Gasteiger partial charge in [-0.15, -0.1) is 0 Å². The number of hydrogen-bond donors (Lipinski definition) is 2. The van der Waals surface area contributed by atoms with Crippen molar-refractivity contribution in [2.75, 3.05) is 19.5 Å². The highest BCUT2D eigenvalue weighted by Crippen LogP contribution is 2.36. The highest BCUT2D eigenvalue weighted by atomic mass is 35.5. The quantitative estimate of drug-likeness (QED) is 0.833. The molecule has 2 N–H and O–H groups in total. The lowest BCUT2D eigenvalue weighted by Crippen LogP contribution is -2.30. The number of methoxy groups -OCH3 is 2. The number of nitrogens with one attached hydrogen (secondary N) is 2. The molecule has 1 aromatic heterocycles. The number of benzene rings is 1. The van der Waals surface area contributed by atoms with Crippen LogP contribution in [0.25, 0.3) is 0 Å². The molecule has 2 aromatic rings. The van der Waals surface area contributed by atoms with E-state index in [0.717, 1.165) is 0 Å². The molecule has 0 fully saturated rings. The summed E-state index contributed by atoms with van der Waals surface area (Å²) in [5.41, 5.74) is 0.980. The Kier molecular flexibility index (Phi) is 5.81. The number of anilines is 2. The number of aromatic nitrogens is 2. The lowest BCUT2D eigenvalue weighted by Gasteiger charge is -2.13. The zero-order chi connectivity index (χ0) is 17.7. The van der Waals surface area contributed by atoms with Gasteiger partial charge in [-0.2, -0.15) is 0 Å². The van der Waals surface area contributed by atoms with Gasteiger partial charge >= 0.3 is 0 Å². The minimum absolute atomic E-state index is 0.0427. The summed E-state index contributed by atoms with van der Waals surface area (Å²) in [6, 6.07) is 3.36. The lowest BCUT2D eigenvalue weighted by atomic mass is 10.2. The first-order valence-electron chi connectivity index (χ1n) is 7.26. The number of nitrogens with zero attached hydrogens (tertiary/aromatic N) is 2. The molecule has 1 aromatic carbocycles. The SMILES string of the molecule is COc1cc(Nc2ncc(C(=O)NC(C)C)cn2)c(OC)cc1Cl. The predicted octanol–water partition coefficient (Wildman–Crippen LogP) is 3.03. The van der Waals surface area contributed by atoms with E-state index in [0.29, 0.717) is 33.7 Å². The monoisotopic (exact) mass is 350 g/mol. The Morgan fingerprint density at radius 1 is 1.12 bits per heavy atom. The van der Waals surface area contributed by atoms with Gasteiger partial charge in [0.05, 0.1) is 30.5 Å². The molecule has 0 spiro atoms. The van der Waals surface area contributed by atoms with Crippen molar-refractivity contribution in [2.45, 2.75) is 19.9 Å². The van der Waals surface area contributed by atoms with Gasteiger partial charge in [-0.1, -0.05) is 11.6 Å². The molecule has 0 radical (unpaired) electrons. The minimum atomic E-state index is -0.220. The molecule has 0 saturated carbocycles. The van der Waals surface area contributed by atoms with E-state index in [1.807, 2.05) is 13.8 Å². The Morgan fingerprint density at radius 3 is 2.29 bits per heavy atom. The van der Waals surface area contributed by atoms with Crippen molar-refractivity contribution in [3.63, 3.8) is 0 Å². The van der Waals surface area contributed by atoms with Gasteiger partial charge in [0, 0.05) is 30.6 Å². The number of hydrogen-bond acceptors (Lipinski definition) is 6. The van der Waals surface area contributed by atoms with Crippen molar-refractivity contribution >= 4 is 29.1 Å². The van der Waals surface area contributed by atoms with E-state index in [1.54, 1.807) is 12.1 Å². The van der Waals surface area contributed by atoms with E-state index in [4.69, 9.17) is 21.1 Å². The molecular formula is C16H19ClN4O3. The molecule has 7 nitrogen and oxygen atoms in total. The summed E-state index contributed by atoms with van der Waals surface area (Å²) < 4.78 is 10.5. The Bertz CT molecular complexity index is 720. The highest BCUT2D eigenvalue weighted by Gasteiger charge is 2.12. The predicted molar refractivity (Wildman–Crippen MR) is 92.5 cm³/mol. The lowest BCUT2D eigenvalue weighted by molar-refractivity contribution is 0.0942. The van der Waals surface area contributed by atoms with Crippen LogP contribution in [0.1, 0.15) is 24.2 Å². The fourth-order valence-electron chi connectivity index (χ4n) is 1.93. The van der Waals surface area contributed by atoms with E-state index in [-0.39, 0.29) is 11.9 Å². The summed E-state index contributed by atoms with van der Waals surface area (Å²) in [6.45, 7) is 3.77. The molecule has 1 amide bonds. The second-order valence-electron chi connectivity index (χ2n) is 5.24. The Hall–Kier alpha value is -2.54. The standard InChI is InChI=1S/C16H19ClN4O3/c1-9(2)20-15(22)10-7-18-16(19-8-10)21-12-6-13(23-3)11(17)5-14(12)24-4/h5-9H,1-4H3,(H,20,22)(H,18,19,21). The zero-order valence-corrected chi connectivity index (χ0v) is 14.6. The summed E-state index contributed by atoms with van der Waals surface area (Å²) in [5, 5.41) is 6.22. The van der Waals surface area contributed by atoms with Crippen LogP contribution in [0.5, 0.6) is 11.5 Å². The van der Waals surface area contributed by atoms with Gasteiger partial charge in [0.1, 0.15) is 11.5 Å². The number of carbonyl (C=O) groups is 1. The second-order valence-corrected chi connectivity index (χ2v) is 5.64. The number of halogens is 1. The largest absolute Gasteiger partial charge is 0.495 e. The molecule has 0 unspecified atom stereocenters. The third kappa shape index (κ3) is 4.26. The molecule has 0 aliphatic carbocycles. The van der Waals surface area contributed by atoms with E-state index >= 15 is 0 Å². The van der Waals surface area contributed by atoms with Crippen LogP contribution in [0.2, 0.25) is 5.02 Å². The van der Waals surface area contributed by atoms with Gasteiger partial charge in [0.15, 0.2) is 0 Å². The van der Waals surface area contributed by atoms with Crippen molar-refractivity contribution in [3.05, 3.63) is 35.1 Å². The van der Waals surface area contributed by atoms with Crippen LogP contribution in [0.4, 0.5) is 11.6 Å². The fraction of sp³-hybridized carbons (Fsp3) is 0.312. The summed E-state index contributed by atoms with van der Waals surface area (Å²) in [4.78, 5) is 20.2. The molecular weight excluding hydrogens is 332 g/mol. The summed E-state index contributed by atoms with van der Waals surface area (Å²) in [6.07, 6.45) is 2.90. The van der Waals surface area contributed by atoms with Crippen molar-refractivity contribution < 1.29 is 14.3 Å². The van der Waals surface area contributed by atoms with Crippen LogP contribution in [0.3, 0.4) is 0 Å². The van der Waals surface area contributed by atoms with E-state index in [9.17, 15) is 4.79 Å². The molecule has 128 valence electrons. The Morgan fingerprint density at radius 2 is 1.75 bits per heavy atom. The molecule has 8 heteroatoms. The van der Waals surface area contributed by atoms with Gasteiger partial charge < -0.3 is 20.1 Å². The molecule has 0 bridgehead atoms. The maximum atomic E-state index is 11.9. The maximum absolute atomic E-state index is 11.9. The van der Waals surface area contributed by atoms with Crippen LogP contribution < -0.4 is 20.1 Å². The van der Waals surface area contributed by atoms with Crippen LogP contribution in [-0.2, 0) is 0 Å². The van der Waals surface area contributed by atoms with Crippen LogP contribution in [0, 0.1) is 0 Å². The average Bonchev–Trinajstić information content (AvgIpc) is 2.56. The zero-order valence-electron chi connectivity index (χ0n) is 13.9. The fourth-order valence-corrected chi connectivity index (χ4v) is 2.16. The average molecular weight is 351 g/mol. The molecule has 2 rings (SSSR count). The molecule has 0 aliphatic rings. The first-order chi connectivity index (χ1) is 11.4. The molecule has 0 aliphatic heterocycles. The first-order valence-corrected chi connectivity index (χ1v) is 7.63. The summed E-state index contributed by atoms with van der Waals surface area (Å²) in [7, 11) is 3.06. The highest BCUT2D eigenvalue weighted by molar-refractivity contribution is 6.32. The first kappa shape index (κ1) is 17.8. The Labute approximate surface area is 145 Å². The normalized spacial score (nSPS) is 10.4. The van der Waals surface area contributed by atoms with Gasteiger partial charge in [-0.3, -0.25) is 4.79 Å². The third-order valence-electron chi connectivity index (χ3n) is 3.05. The van der Waals surface area contributed by atoms with Crippen molar-refractivity contribution in [3.8, 4) is 11.5 Å². The van der Waals surface area contributed by atoms with Gasteiger partial charge in [0.25, 0.3) is 5.91 Å². The number of rotatable bonds is 6. The van der Waals surface area contributed by atoms with Crippen LogP contribution in [-0.4, -0.2) is 36.1 Å². The van der Waals surface area contributed by atoms with E-state index in [1.165, 1.54) is 26.6 Å². The van der Waals surface area contributed by atoms with Gasteiger partial charge in [-0.25, -0.2) is 9.97 Å². The second kappa shape index (κ2) is 7.83. The van der Waals surface area contributed by atoms with Crippen molar-refractivity contribution in [1.29, 1.82) is 0 Å². The Balaban J connectivity index is 2.21. The van der Waals surface area contributed by atoms with Crippen molar-refractivity contribution in [2.24, 2.45) is 0 Å². The number of ether oxygens (including phenoxy) is 2. The summed E-state index contributed by atoms with van der Waals surface area (Å²) >= 11 is 6.07. The maximum Gasteiger partial charge on any atom is 0.254 e. The van der Waals surface area contributed by atoms with Gasteiger partial charge in [-0.05, 0) is 13.8 Å². The molecule has 1 heterocycles. The third-order valence-corrected chi connectivity index (χ3v) is 3.35. The smallest absolute Gasteiger partial charge is 0.254 e. The number of amides is 1. The molecule has 24 heavy (non-hydrogen) atoms. The van der Waals surface area contributed by atoms with Crippen LogP contribution in [0.15, 0.2) is 24.5 Å². The van der Waals surface area contributed by atoms with Crippen LogP contribution >= 0.6 is 11.6 Å². The van der Waals surface area contributed by atoms with Crippen molar-refractivity contribution in [1.82, 2.24) is 15.3 Å². The minimum Gasteiger partial charge on any atom is -0.495 e. The van der Waals surface area contributed by atoms with E-state index in [2.05, 4.69) is 20.6 Å². The van der Waals surface area contributed by atoms with Gasteiger partial charge in [0.2, 0.25) is 5.95 Å². The summed E-state index contributed by atoms with van der Waals surface area (Å²) in [5.74, 6) is 1.11. The topological polar surface area (TPSA) is 85.4 Å². The van der Waals surface area contributed by atoms with E-state index < -0.39 is 0 Å². The molecule has 0 atom stereocenters. The number of carbonyl (C=O) groups excluding carboxylic acids is 1.